The van der Waals surface area contributed by atoms with E-state index in [1.807, 2.05) is 18.2 Å². The van der Waals surface area contributed by atoms with Crippen LogP contribution in [0.25, 0.3) is 5.82 Å². The molecule has 2 aliphatic heterocycles. The fourth-order valence-corrected chi connectivity index (χ4v) is 3.80. The van der Waals surface area contributed by atoms with Crippen LogP contribution in [0.4, 0.5) is 29.0 Å². The fraction of sp³-hybridized carbons (Fsp3) is 0.400. The molecular weight excluding hydrogens is 396 g/mol. The third-order valence-electron chi connectivity index (χ3n) is 5.46. The molecule has 0 saturated carbocycles. The fourth-order valence-electron chi connectivity index (χ4n) is 3.80. The van der Waals surface area contributed by atoms with E-state index in [1.165, 1.54) is 10.4 Å². The number of aromatic nitrogens is 5. The van der Waals surface area contributed by atoms with Crippen LogP contribution in [0.5, 0.6) is 0 Å². The van der Waals surface area contributed by atoms with Crippen molar-refractivity contribution < 1.29 is 4.74 Å². The number of ether oxygens (including phenoxy) is 1. The largest absolute Gasteiger partial charge is 0.378 e. The van der Waals surface area contributed by atoms with E-state index in [0.29, 0.717) is 11.8 Å². The lowest BCUT2D eigenvalue weighted by Gasteiger charge is -2.29. The molecule has 11 nitrogen and oxygen atoms in total. The molecule has 4 heterocycles. The second-order valence-electron chi connectivity index (χ2n) is 7.49. The van der Waals surface area contributed by atoms with Gasteiger partial charge >= 0.3 is 0 Å². The van der Waals surface area contributed by atoms with Gasteiger partial charge in [0.25, 0.3) is 0 Å². The molecule has 2 aliphatic rings. The molecule has 0 atom stereocenters. The first-order valence-electron chi connectivity index (χ1n) is 10.5. The summed E-state index contributed by atoms with van der Waals surface area (Å²) in [6, 6.07) is 10.1. The standard InChI is InChI=1S/C20H26N10O/c21-19-25-20(24-15-1-3-16(4-2-15)29-9-11-31-12-10-29)27-30(19)18-13-17(14-23-26-18)28-7-5-22-6-8-28/h1-4,13-14,22H,5-12H2,(H3,21,24,25,27). The molecule has 3 aromatic rings. The number of nitrogens with one attached hydrogen (secondary N) is 2. The van der Waals surface area contributed by atoms with Crippen molar-refractivity contribution in [3.05, 3.63) is 36.5 Å². The van der Waals surface area contributed by atoms with Crippen molar-refractivity contribution in [2.45, 2.75) is 0 Å². The Labute approximate surface area is 180 Å². The van der Waals surface area contributed by atoms with Crippen LogP contribution < -0.4 is 26.2 Å². The van der Waals surface area contributed by atoms with Crippen LogP contribution in [0.3, 0.4) is 0 Å². The second-order valence-corrected chi connectivity index (χ2v) is 7.49. The summed E-state index contributed by atoms with van der Waals surface area (Å²) in [5, 5.41) is 19.4. The molecule has 2 aromatic heterocycles. The number of hydrogen-bond acceptors (Lipinski definition) is 10. The average molecular weight is 422 g/mol. The minimum Gasteiger partial charge on any atom is -0.378 e. The number of piperazine rings is 1. The van der Waals surface area contributed by atoms with Crippen LogP contribution in [-0.4, -0.2) is 77.4 Å². The minimum atomic E-state index is 0.249. The van der Waals surface area contributed by atoms with E-state index in [0.717, 1.165) is 63.9 Å². The summed E-state index contributed by atoms with van der Waals surface area (Å²) in [7, 11) is 0. The summed E-state index contributed by atoms with van der Waals surface area (Å²) >= 11 is 0. The van der Waals surface area contributed by atoms with Crippen LogP contribution in [0.2, 0.25) is 0 Å². The Hall–Kier alpha value is -3.44. The summed E-state index contributed by atoms with van der Waals surface area (Å²) in [4.78, 5) is 8.91. The first-order valence-corrected chi connectivity index (χ1v) is 10.5. The molecule has 0 unspecified atom stereocenters. The monoisotopic (exact) mass is 422 g/mol. The number of rotatable bonds is 5. The molecule has 5 rings (SSSR count). The van der Waals surface area contributed by atoms with Gasteiger partial charge in [0.1, 0.15) is 0 Å². The zero-order valence-corrected chi connectivity index (χ0v) is 17.2. The Balaban J connectivity index is 1.30. The molecule has 11 heteroatoms. The maximum Gasteiger partial charge on any atom is 0.248 e. The van der Waals surface area contributed by atoms with Crippen LogP contribution in [-0.2, 0) is 4.74 Å². The van der Waals surface area contributed by atoms with Gasteiger partial charge in [-0.1, -0.05) is 0 Å². The number of nitrogens with zero attached hydrogens (tertiary/aromatic N) is 7. The van der Waals surface area contributed by atoms with Crippen molar-refractivity contribution in [3.63, 3.8) is 0 Å². The number of hydrogen-bond donors (Lipinski definition) is 3. The van der Waals surface area contributed by atoms with E-state index in [1.54, 1.807) is 6.20 Å². The van der Waals surface area contributed by atoms with Crippen molar-refractivity contribution in [1.29, 1.82) is 0 Å². The van der Waals surface area contributed by atoms with E-state index >= 15 is 0 Å². The minimum absolute atomic E-state index is 0.249. The van der Waals surface area contributed by atoms with Gasteiger partial charge in [-0.15, -0.1) is 10.2 Å². The van der Waals surface area contributed by atoms with Crippen molar-refractivity contribution >= 4 is 29.0 Å². The predicted molar refractivity (Wildman–Crippen MR) is 119 cm³/mol. The molecular formula is C20H26N10O. The van der Waals surface area contributed by atoms with Gasteiger partial charge in [0.05, 0.1) is 25.1 Å². The number of anilines is 5. The van der Waals surface area contributed by atoms with Crippen LogP contribution >= 0.6 is 0 Å². The van der Waals surface area contributed by atoms with E-state index in [9.17, 15) is 0 Å². The maximum atomic E-state index is 6.12. The Morgan fingerprint density at radius 3 is 2.48 bits per heavy atom. The zero-order chi connectivity index (χ0) is 21.0. The van der Waals surface area contributed by atoms with Crippen LogP contribution in [0.15, 0.2) is 36.5 Å². The highest BCUT2D eigenvalue weighted by atomic mass is 16.5. The molecule has 31 heavy (non-hydrogen) atoms. The zero-order valence-electron chi connectivity index (χ0n) is 17.2. The van der Waals surface area contributed by atoms with Crippen molar-refractivity contribution in [1.82, 2.24) is 30.3 Å². The van der Waals surface area contributed by atoms with Gasteiger partial charge in [0, 0.05) is 56.7 Å². The van der Waals surface area contributed by atoms with Gasteiger partial charge in [-0.25, -0.2) is 0 Å². The first-order chi connectivity index (χ1) is 15.3. The molecule has 2 fully saturated rings. The summed E-state index contributed by atoms with van der Waals surface area (Å²) in [5.41, 5.74) is 9.17. The summed E-state index contributed by atoms with van der Waals surface area (Å²) in [6.07, 6.45) is 1.76. The molecule has 4 N–H and O–H groups in total. The summed E-state index contributed by atoms with van der Waals surface area (Å²) in [6.45, 7) is 7.07. The van der Waals surface area contributed by atoms with Crippen LogP contribution in [0, 0.1) is 0 Å². The molecule has 0 aliphatic carbocycles. The number of nitrogen functional groups attached to an aromatic ring is 1. The lowest BCUT2D eigenvalue weighted by Crippen LogP contribution is -2.43. The van der Waals surface area contributed by atoms with Crippen molar-refractivity contribution in [2.24, 2.45) is 0 Å². The Morgan fingerprint density at radius 2 is 1.71 bits per heavy atom. The lowest BCUT2D eigenvalue weighted by molar-refractivity contribution is 0.122. The van der Waals surface area contributed by atoms with Gasteiger partial charge in [-0.2, -0.15) is 14.8 Å². The molecule has 0 bridgehead atoms. The highest BCUT2D eigenvalue weighted by molar-refractivity contribution is 5.60. The molecule has 0 radical (unpaired) electrons. The molecule has 2 saturated heterocycles. The summed E-state index contributed by atoms with van der Waals surface area (Å²) < 4.78 is 6.92. The number of benzene rings is 1. The molecule has 0 spiro atoms. The highest BCUT2D eigenvalue weighted by Crippen LogP contribution is 2.22. The van der Waals surface area contributed by atoms with Crippen molar-refractivity contribution in [2.75, 3.05) is 73.3 Å². The van der Waals surface area contributed by atoms with Gasteiger partial charge in [-0.3, -0.25) is 0 Å². The average Bonchev–Trinajstić information content (AvgIpc) is 3.20. The topological polar surface area (TPSA) is 122 Å². The smallest absolute Gasteiger partial charge is 0.248 e. The Kier molecular flexibility index (Phi) is 5.50. The van der Waals surface area contributed by atoms with E-state index < -0.39 is 0 Å². The summed E-state index contributed by atoms with van der Waals surface area (Å²) in [5.74, 6) is 1.20. The van der Waals surface area contributed by atoms with E-state index in [4.69, 9.17) is 10.5 Å². The van der Waals surface area contributed by atoms with Gasteiger partial charge in [-0.05, 0) is 24.3 Å². The van der Waals surface area contributed by atoms with Crippen molar-refractivity contribution in [3.8, 4) is 5.82 Å². The van der Waals surface area contributed by atoms with Crippen LogP contribution in [0.1, 0.15) is 0 Å². The molecule has 1 aromatic carbocycles. The lowest BCUT2D eigenvalue weighted by atomic mass is 10.2. The third kappa shape index (κ3) is 4.37. The first kappa shape index (κ1) is 19.5. The SMILES string of the molecule is Nc1nc(Nc2ccc(N3CCOCC3)cc2)nn1-c1cc(N2CCNCC2)cnn1. The quantitative estimate of drug-likeness (QED) is 0.539. The van der Waals surface area contributed by atoms with E-state index in [2.05, 4.69) is 52.8 Å². The highest BCUT2D eigenvalue weighted by Gasteiger charge is 2.16. The van der Waals surface area contributed by atoms with Gasteiger partial charge in [0.15, 0.2) is 5.82 Å². The predicted octanol–water partition coefficient (Wildman–Crippen LogP) is 0.629. The number of morpholine rings is 1. The molecule has 162 valence electrons. The third-order valence-corrected chi connectivity index (χ3v) is 5.46. The van der Waals surface area contributed by atoms with E-state index in [-0.39, 0.29) is 5.95 Å². The molecule has 0 amide bonds. The van der Waals surface area contributed by atoms with Gasteiger partial charge < -0.3 is 30.9 Å². The Bertz CT molecular complexity index is 1010. The number of nitrogens with two attached hydrogens (primary N) is 1. The second kappa shape index (κ2) is 8.74. The maximum absolute atomic E-state index is 6.12. The normalized spacial score (nSPS) is 17.0. The van der Waals surface area contributed by atoms with Gasteiger partial charge in [0.2, 0.25) is 11.9 Å². The Morgan fingerprint density at radius 1 is 0.968 bits per heavy atom.